The van der Waals surface area contributed by atoms with Crippen molar-refractivity contribution < 1.29 is 19.4 Å². The predicted octanol–water partition coefficient (Wildman–Crippen LogP) is 4.69. The average Bonchev–Trinajstić information content (AvgIpc) is 2.45. The summed E-state index contributed by atoms with van der Waals surface area (Å²) in [5.41, 5.74) is -0.00900. The van der Waals surface area contributed by atoms with Gasteiger partial charge in [0.15, 0.2) is 0 Å². The number of alkyl carbamates (subject to hydrolysis) is 1. The first-order chi connectivity index (χ1) is 11.4. The molecular formula is C19H28ClNO4. The van der Waals surface area contributed by atoms with Crippen LogP contribution in [-0.4, -0.2) is 28.8 Å². The number of carboxylic acid groups (broad SMARTS) is 1. The average molecular weight is 370 g/mol. The van der Waals surface area contributed by atoms with Gasteiger partial charge in [-0.3, -0.25) is 0 Å². The Morgan fingerprint density at radius 2 is 1.72 bits per heavy atom. The van der Waals surface area contributed by atoms with E-state index in [-0.39, 0.29) is 11.8 Å². The fraction of sp³-hybridized carbons (Fsp3) is 0.579. The molecule has 1 aromatic carbocycles. The Hall–Kier alpha value is -1.75. The van der Waals surface area contributed by atoms with E-state index in [1.807, 2.05) is 26.8 Å². The van der Waals surface area contributed by atoms with E-state index >= 15 is 0 Å². The van der Waals surface area contributed by atoms with Gasteiger partial charge in [-0.2, -0.15) is 0 Å². The number of ether oxygens (including phenoxy) is 1. The lowest BCUT2D eigenvalue weighted by Crippen LogP contribution is -2.49. The highest BCUT2D eigenvalue weighted by atomic mass is 35.5. The van der Waals surface area contributed by atoms with Gasteiger partial charge in [0.1, 0.15) is 11.6 Å². The molecule has 0 bridgehead atoms. The number of halogens is 1. The molecule has 5 nitrogen and oxygen atoms in total. The van der Waals surface area contributed by atoms with Gasteiger partial charge >= 0.3 is 12.1 Å². The molecule has 1 unspecified atom stereocenters. The highest BCUT2D eigenvalue weighted by molar-refractivity contribution is 6.31. The summed E-state index contributed by atoms with van der Waals surface area (Å²) >= 11 is 6.32. The van der Waals surface area contributed by atoms with Crippen molar-refractivity contribution in [3.05, 3.63) is 34.9 Å². The summed E-state index contributed by atoms with van der Waals surface area (Å²) in [6.07, 6.45) is -0.757. The van der Waals surface area contributed by atoms with E-state index in [2.05, 4.69) is 5.32 Å². The summed E-state index contributed by atoms with van der Waals surface area (Å²) in [5.74, 6) is -1.44. The Morgan fingerprint density at radius 3 is 2.16 bits per heavy atom. The molecule has 25 heavy (non-hydrogen) atoms. The van der Waals surface area contributed by atoms with Crippen LogP contribution in [0, 0.1) is 11.8 Å². The number of carbonyl (C=O) groups excluding carboxylic acids is 1. The second kappa shape index (κ2) is 8.56. The molecule has 0 saturated heterocycles. The quantitative estimate of drug-likeness (QED) is 0.762. The zero-order valence-electron chi connectivity index (χ0n) is 15.7. The van der Waals surface area contributed by atoms with Crippen molar-refractivity contribution in [3.8, 4) is 0 Å². The Kier molecular flexibility index (Phi) is 7.29. The smallest absolute Gasteiger partial charge is 0.408 e. The third-order valence-electron chi connectivity index (χ3n) is 4.18. The summed E-state index contributed by atoms with van der Waals surface area (Å²) in [6, 6.07) is 5.99. The topological polar surface area (TPSA) is 75.6 Å². The molecule has 0 fully saturated rings. The van der Waals surface area contributed by atoms with Crippen molar-refractivity contribution in [2.45, 2.75) is 59.1 Å². The van der Waals surface area contributed by atoms with Gasteiger partial charge < -0.3 is 15.2 Å². The van der Waals surface area contributed by atoms with Crippen molar-refractivity contribution in [3.63, 3.8) is 0 Å². The third kappa shape index (κ3) is 6.24. The van der Waals surface area contributed by atoms with Crippen LogP contribution in [0.3, 0.4) is 0 Å². The highest BCUT2D eigenvalue weighted by Gasteiger charge is 2.37. The van der Waals surface area contributed by atoms with Gasteiger partial charge in [-0.15, -0.1) is 0 Å². The second-order valence-corrected chi connectivity index (χ2v) is 8.02. The molecule has 0 aromatic heterocycles. The number of amides is 1. The zero-order chi connectivity index (χ0) is 19.4. The molecule has 0 radical (unpaired) electrons. The molecule has 140 valence electrons. The van der Waals surface area contributed by atoms with Crippen molar-refractivity contribution in [2.75, 3.05) is 0 Å². The van der Waals surface area contributed by atoms with Crippen LogP contribution >= 0.6 is 11.6 Å². The van der Waals surface area contributed by atoms with Crippen LogP contribution in [0.25, 0.3) is 0 Å². The van der Waals surface area contributed by atoms with Crippen LogP contribution in [0.1, 0.15) is 53.0 Å². The lowest BCUT2D eigenvalue weighted by atomic mass is 9.76. The zero-order valence-corrected chi connectivity index (χ0v) is 16.4. The van der Waals surface area contributed by atoms with E-state index in [4.69, 9.17) is 16.3 Å². The minimum Gasteiger partial charge on any atom is -0.480 e. The summed E-state index contributed by atoms with van der Waals surface area (Å²) < 4.78 is 5.23. The van der Waals surface area contributed by atoms with Gasteiger partial charge in [-0.1, -0.05) is 50.6 Å². The normalized spacial score (nSPS) is 15.4. The molecule has 3 atom stereocenters. The van der Waals surface area contributed by atoms with Gasteiger partial charge in [0.25, 0.3) is 0 Å². The van der Waals surface area contributed by atoms with Gasteiger partial charge in [0, 0.05) is 10.9 Å². The number of rotatable bonds is 6. The molecule has 2 N–H and O–H groups in total. The van der Waals surface area contributed by atoms with Crippen molar-refractivity contribution in [1.29, 1.82) is 0 Å². The fourth-order valence-corrected chi connectivity index (χ4v) is 2.93. The summed E-state index contributed by atoms with van der Waals surface area (Å²) in [7, 11) is 0. The van der Waals surface area contributed by atoms with Crippen LogP contribution in [0.15, 0.2) is 24.3 Å². The van der Waals surface area contributed by atoms with E-state index < -0.39 is 29.6 Å². The maximum Gasteiger partial charge on any atom is 0.408 e. The third-order valence-corrected chi connectivity index (χ3v) is 4.52. The molecule has 1 amide bonds. The largest absolute Gasteiger partial charge is 0.480 e. The number of hydrogen-bond donors (Lipinski definition) is 2. The molecule has 0 heterocycles. The second-order valence-electron chi connectivity index (χ2n) is 7.61. The number of benzene rings is 1. The van der Waals surface area contributed by atoms with E-state index in [0.29, 0.717) is 10.6 Å². The van der Waals surface area contributed by atoms with E-state index in [1.54, 1.807) is 39.0 Å². The summed E-state index contributed by atoms with van der Waals surface area (Å²) in [6.45, 7) is 11.2. The molecule has 0 aliphatic rings. The molecular weight excluding hydrogens is 342 g/mol. The molecule has 0 spiro atoms. The standard InChI is InChI=1S/C19H28ClNO4/c1-11(2)12(3)15(13-9-7-8-10-14(13)20)16(17(22)23)21-18(24)25-19(4,5)6/h7-12,15-16H,1-6H3,(H,21,24)(H,22,23)/t12?,15-,16-/m0/s1. The van der Waals surface area contributed by atoms with Crippen LogP contribution in [0.5, 0.6) is 0 Å². The van der Waals surface area contributed by atoms with Crippen molar-refractivity contribution in [2.24, 2.45) is 11.8 Å². The SMILES string of the molecule is CC(C)C(C)[C@@H](c1ccccc1Cl)[C@H](NC(=O)OC(C)(C)C)C(=O)O. The van der Waals surface area contributed by atoms with Gasteiger partial charge in [-0.25, -0.2) is 9.59 Å². The molecule has 0 aliphatic carbocycles. The molecule has 6 heteroatoms. The first-order valence-electron chi connectivity index (χ1n) is 8.40. The summed E-state index contributed by atoms with van der Waals surface area (Å²) in [5, 5.41) is 12.8. The number of hydrogen-bond acceptors (Lipinski definition) is 3. The van der Waals surface area contributed by atoms with E-state index in [9.17, 15) is 14.7 Å². The van der Waals surface area contributed by atoms with Crippen LogP contribution in [-0.2, 0) is 9.53 Å². The molecule has 1 aromatic rings. The summed E-state index contributed by atoms with van der Waals surface area (Å²) in [4.78, 5) is 24.1. The van der Waals surface area contributed by atoms with Gasteiger partial charge in [0.2, 0.25) is 0 Å². The highest BCUT2D eigenvalue weighted by Crippen LogP contribution is 2.37. The van der Waals surface area contributed by atoms with E-state index in [0.717, 1.165) is 0 Å². The van der Waals surface area contributed by atoms with Gasteiger partial charge in [0.05, 0.1) is 0 Å². The number of carbonyl (C=O) groups is 2. The van der Waals surface area contributed by atoms with Crippen molar-refractivity contribution in [1.82, 2.24) is 5.32 Å². The maximum atomic E-state index is 12.2. The number of aliphatic carboxylic acids is 1. The predicted molar refractivity (Wildman–Crippen MR) is 99.0 cm³/mol. The molecule has 0 saturated carbocycles. The van der Waals surface area contributed by atoms with Crippen LogP contribution in [0.2, 0.25) is 5.02 Å². The minimum atomic E-state index is -1.15. The Bertz CT molecular complexity index is 610. The Labute approximate surface area is 154 Å². The maximum absolute atomic E-state index is 12.2. The first kappa shape index (κ1) is 21.3. The lowest BCUT2D eigenvalue weighted by Gasteiger charge is -2.33. The molecule has 0 aliphatic heterocycles. The lowest BCUT2D eigenvalue weighted by molar-refractivity contribution is -0.140. The van der Waals surface area contributed by atoms with Crippen LogP contribution < -0.4 is 5.32 Å². The van der Waals surface area contributed by atoms with Gasteiger partial charge in [-0.05, 0) is 44.2 Å². The molecule has 1 rings (SSSR count). The number of carboxylic acids is 1. The van der Waals surface area contributed by atoms with Crippen LogP contribution in [0.4, 0.5) is 4.79 Å². The Morgan fingerprint density at radius 1 is 1.16 bits per heavy atom. The van der Waals surface area contributed by atoms with Crippen molar-refractivity contribution >= 4 is 23.7 Å². The number of nitrogens with one attached hydrogen (secondary N) is 1. The monoisotopic (exact) mass is 369 g/mol. The van der Waals surface area contributed by atoms with E-state index in [1.165, 1.54) is 0 Å². The Balaban J connectivity index is 3.25. The first-order valence-corrected chi connectivity index (χ1v) is 8.78. The fourth-order valence-electron chi connectivity index (χ4n) is 2.67. The minimum absolute atomic E-state index is 0.0315.